The number of halogens is 1. The fourth-order valence-corrected chi connectivity index (χ4v) is 3.62. The lowest BCUT2D eigenvalue weighted by molar-refractivity contribution is -0.0426. The van der Waals surface area contributed by atoms with E-state index >= 15 is 0 Å². The van der Waals surface area contributed by atoms with Crippen LogP contribution in [0.1, 0.15) is 11.1 Å². The minimum absolute atomic E-state index is 0.632. The van der Waals surface area contributed by atoms with Crippen LogP contribution in [0.15, 0.2) is 23.2 Å². The second kappa shape index (κ2) is 3.90. The Balaban J connectivity index is 2.03. The Morgan fingerprint density at radius 1 is 1.53 bits per heavy atom. The molecule has 1 aromatic carbocycles. The van der Waals surface area contributed by atoms with Gasteiger partial charge in [0.15, 0.2) is 10.9 Å². The SMILES string of the molecule is Cc1cc(C2(O)CSC3=NCCN32)ccc1Cl. The zero-order valence-electron chi connectivity index (χ0n) is 9.48. The fraction of sp³-hybridized carbons (Fsp3) is 0.417. The Labute approximate surface area is 109 Å². The molecular formula is C12H13ClN2OS. The number of hydrogen-bond acceptors (Lipinski definition) is 4. The van der Waals surface area contributed by atoms with Crippen molar-refractivity contribution in [3.8, 4) is 0 Å². The maximum atomic E-state index is 10.8. The van der Waals surface area contributed by atoms with Crippen LogP contribution in [-0.4, -0.2) is 34.0 Å². The lowest BCUT2D eigenvalue weighted by atomic mass is 10.0. The van der Waals surface area contributed by atoms with Crippen molar-refractivity contribution in [3.05, 3.63) is 34.3 Å². The number of rotatable bonds is 1. The van der Waals surface area contributed by atoms with E-state index in [0.29, 0.717) is 5.75 Å². The molecular weight excluding hydrogens is 256 g/mol. The second-order valence-corrected chi connectivity index (χ2v) is 5.73. The first-order valence-electron chi connectivity index (χ1n) is 5.55. The Bertz CT molecular complexity index is 505. The predicted molar refractivity (Wildman–Crippen MR) is 71.6 cm³/mol. The van der Waals surface area contributed by atoms with Gasteiger partial charge in [0.2, 0.25) is 0 Å². The number of amidine groups is 1. The number of benzene rings is 1. The van der Waals surface area contributed by atoms with Gasteiger partial charge in [0, 0.05) is 17.1 Å². The van der Waals surface area contributed by atoms with Crippen molar-refractivity contribution < 1.29 is 5.11 Å². The van der Waals surface area contributed by atoms with Gasteiger partial charge in [-0.2, -0.15) is 0 Å². The summed E-state index contributed by atoms with van der Waals surface area (Å²) in [5.74, 6) is 0.632. The molecule has 3 rings (SSSR count). The summed E-state index contributed by atoms with van der Waals surface area (Å²) in [6.07, 6.45) is 0. The molecule has 1 aromatic rings. The molecule has 0 bridgehead atoms. The molecule has 1 saturated heterocycles. The summed E-state index contributed by atoms with van der Waals surface area (Å²) in [4.78, 5) is 6.36. The Morgan fingerprint density at radius 3 is 3.12 bits per heavy atom. The molecule has 3 nitrogen and oxygen atoms in total. The lowest BCUT2D eigenvalue weighted by Gasteiger charge is -2.32. The van der Waals surface area contributed by atoms with E-state index < -0.39 is 5.72 Å². The van der Waals surface area contributed by atoms with Crippen molar-refractivity contribution >= 4 is 28.5 Å². The zero-order valence-corrected chi connectivity index (χ0v) is 11.1. The molecule has 17 heavy (non-hydrogen) atoms. The van der Waals surface area contributed by atoms with E-state index in [2.05, 4.69) is 4.99 Å². The van der Waals surface area contributed by atoms with Crippen molar-refractivity contribution in [1.82, 2.24) is 4.90 Å². The van der Waals surface area contributed by atoms with Crippen molar-refractivity contribution in [3.63, 3.8) is 0 Å². The molecule has 2 aliphatic rings. The third kappa shape index (κ3) is 1.66. The fourth-order valence-electron chi connectivity index (χ4n) is 2.27. The van der Waals surface area contributed by atoms with Gasteiger partial charge in [0.1, 0.15) is 0 Å². The van der Waals surface area contributed by atoms with E-state index in [0.717, 1.165) is 34.4 Å². The van der Waals surface area contributed by atoms with Gasteiger partial charge in [-0.3, -0.25) is 4.99 Å². The molecule has 0 amide bonds. The van der Waals surface area contributed by atoms with Crippen molar-refractivity contribution in [2.75, 3.05) is 18.8 Å². The van der Waals surface area contributed by atoms with Gasteiger partial charge in [-0.1, -0.05) is 29.4 Å². The van der Waals surface area contributed by atoms with Gasteiger partial charge in [0.05, 0.1) is 12.3 Å². The molecule has 0 aromatic heterocycles. The van der Waals surface area contributed by atoms with E-state index in [1.807, 2.05) is 30.0 Å². The maximum absolute atomic E-state index is 10.8. The van der Waals surface area contributed by atoms with Crippen LogP contribution in [-0.2, 0) is 5.72 Å². The first-order chi connectivity index (χ1) is 8.11. The monoisotopic (exact) mass is 268 g/mol. The van der Waals surface area contributed by atoms with Crippen LogP contribution in [0.25, 0.3) is 0 Å². The third-order valence-electron chi connectivity index (χ3n) is 3.27. The number of nitrogens with zero attached hydrogens (tertiary/aromatic N) is 2. The van der Waals surface area contributed by atoms with Crippen LogP contribution in [0, 0.1) is 6.92 Å². The molecule has 1 fully saturated rings. The summed E-state index contributed by atoms with van der Waals surface area (Å²) < 4.78 is 0. The van der Waals surface area contributed by atoms with E-state index in [-0.39, 0.29) is 0 Å². The lowest BCUT2D eigenvalue weighted by Crippen LogP contribution is -2.43. The van der Waals surface area contributed by atoms with Crippen LogP contribution in [0.5, 0.6) is 0 Å². The minimum atomic E-state index is -0.921. The topological polar surface area (TPSA) is 35.8 Å². The minimum Gasteiger partial charge on any atom is -0.366 e. The third-order valence-corrected chi connectivity index (χ3v) is 4.85. The first-order valence-corrected chi connectivity index (χ1v) is 6.91. The van der Waals surface area contributed by atoms with Gasteiger partial charge in [-0.05, 0) is 24.6 Å². The highest BCUT2D eigenvalue weighted by atomic mass is 35.5. The maximum Gasteiger partial charge on any atom is 0.175 e. The van der Waals surface area contributed by atoms with Gasteiger partial charge in [-0.25, -0.2) is 0 Å². The smallest absolute Gasteiger partial charge is 0.175 e. The molecule has 1 N–H and O–H groups in total. The van der Waals surface area contributed by atoms with Crippen LogP contribution < -0.4 is 0 Å². The molecule has 90 valence electrons. The molecule has 5 heteroatoms. The molecule has 1 atom stereocenters. The summed E-state index contributed by atoms with van der Waals surface area (Å²) in [7, 11) is 0. The molecule has 0 radical (unpaired) electrons. The number of aryl methyl sites for hydroxylation is 1. The molecule has 0 spiro atoms. The van der Waals surface area contributed by atoms with Gasteiger partial charge in [-0.15, -0.1) is 0 Å². The molecule has 2 heterocycles. The second-order valence-electron chi connectivity index (χ2n) is 4.39. The molecule has 1 unspecified atom stereocenters. The summed E-state index contributed by atoms with van der Waals surface area (Å²) in [5, 5.41) is 12.5. The largest absolute Gasteiger partial charge is 0.366 e. The van der Waals surface area contributed by atoms with Crippen molar-refractivity contribution in [2.45, 2.75) is 12.6 Å². The van der Waals surface area contributed by atoms with Crippen LogP contribution in [0.4, 0.5) is 0 Å². The standard InChI is InChI=1S/C12H13ClN2OS/c1-8-6-9(2-3-10(8)13)12(16)7-17-11-14-4-5-15(11)12/h2-3,6,16H,4-5,7H2,1H3. The summed E-state index contributed by atoms with van der Waals surface area (Å²) in [5.41, 5.74) is 0.973. The van der Waals surface area contributed by atoms with Crippen LogP contribution >= 0.6 is 23.4 Å². The average Bonchev–Trinajstić information content (AvgIpc) is 2.88. The Morgan fingerprint density at radius 2 is 2.35 bits per heavy atom. The quantitative estimate of drug-likeness (QED) is 0.848. The summed E-state index contributed by atoms with van der Waals surface area (Å²) >= 11 is 7.64. The van der Waals surface area contributed by atoms with Gasteiger partial charge >= 0.3 is 0 Å². The van der Waals surface area contributed by atoms with Gasteiger partial charge in [0.25, 0.3) is 0 Å². The van der Waals surface area contributed by atoms with Crippen molar-refractivity contribution in [1.29, 1.82) is 0 Å². The van der Waals surface area contributed by atoms with E-state index in [1.54, 1.807) is 11.8 Å². The summed E-state index contributed by atoms with van der Waals surface area (Å²) in [6.45, 7) is 3.52. The normalized spacial score (nSPS) is 27.2. The highest BCUT2D eigenvalue weighted by Gasteiger charge is 2.46. The van der Waals surface area contributed by atoms with E-state index in [9.17, 15) is 5.11 Å². The molecule has 0 aliphatic carbocycles. The number of fused-ring (bicyclic) bond motifs is 1. The first kappa shape index (κ1) is 11.4. The van der Waals surface area contributed by atoms with Crippen LogP contribution in [0.3, 0.4) is 0 Å². The number of aliphatic imine (C=N–C) groups is 1. The predicted octanol–water partition coefficient (Wildman–Crippen LogP) is 2.21. The van der Waals surface area contributed by atoms with Gasteiger partial charge < -0.3 is 10.0 Å². The highest BCUT2D eigenvalue weighted by Crippen LogP contribution is 2.41. The highest BCUT2D eigenvalue weighted by molar-refractivity contribution is 8.14. The van der Waals surface area contributed by atoms with E-state index in [4.69, 9.17) is 11.6 Å². The Hall–Kier alpha value is -0.710. The van der Waals surface area contributed by atoms with E-state index in [1.165, 1.54) is 0 Å². The number of aliphatic hydroxyl groups is 1. The molecule has 0 saturated carbocycles. The Kier molecular flexibility index (Phi) is 2.61. The zero-order chi connectivity index (χ0) is 12.0. The van der Waals surface area contributed by atoms with Crippen LogP contribution in [0.2, 0.25) is 5.02 Å². The summed E-state index contributed by atoms with van der Waals surface area (Å²) in [6, 6.07) is 5.71. The number of thioether (sulfide) groups is 1. The number of hydrogen-bond donors (Lipinski definition) is 1. The molecule has 2 aliphatic heterocycles. The average molecular weight is 269 g/mol. The van der Waals surface area contributed by atoms with Crippen molar-refractivity contribution in [2.24, 2.45) is 4.99 Å².